The van der Waals surface area contributed by atoms with Crippen LogP contribution >= 0.6 is 11.3 Å². The molecule has 0 aliphatic heterocycles. The lowest BCUT2D eigenvalue weighted by Crippen LogP contribution is -2.21. The number of benzene rings is 1. The highest BCUT2D eigenvalue weighted by atomic mass is 32.1. The van der Waals surface area contributed by atoms with Gasteiger partial charge in [0.25, 0.3) is 0 Å². The van der Waals surface area contributed by atoms with Gasteiger partial charge < -0.3 is 0 Å². The lowest BCUT2D eigenvalue weighted by atomic mass is 9.82. The summed E-state index contributed by atoms with van der Waals surface area (Å²) < 4.78 is 1.25. The molecule has 0 N–H and O–H groups in total. The van der Waals surface area contributed by atoms with Gasteiger partial charge in [0.05, 0.1) is 6.42 Å². The summed E-state index contributed by atoms with van der Waals surface area (Å²) in [4.78, 5) is 22.9. The van der Waals surface area contributed by atoms with E-state index in [1.165, 1.54) is 10.1 Å². The molecule has 0 spiro atoms. The van der Waals surface area contributed by atoms with Gasteiger partial charge in [-0.25, -0.2) is 0 Å². The maximum Gasteiger partial charge on any atom is 0.140 e. The number of carbonyl (C=O) groups excluding carboxylic acids is 2. The first-order valence-corrected chi connectivity index (χ1v) is 6.61. The molecule has 1 aliphatic carbocycles. The Morgan fingerprint density at radius 1 is 1.06 bits per heavy atom. The molecule has 0 amide bonds. The van der Waals surface area contributed by atoms with Crippen molar-refractivity contribution in [3.8, 4) is 0 Å². The molecule has 0 radical (unpaired) electrons. The average Bonchev–Trinajstić information content (AvgIpc) is 2.74. The minimum atomic E-state index is 0.0802. The molecule has 86 valence electrons. The molecular weight excluding hydrogens is 232 g/mol. The van der Waals surface area contributed by atoms with E-state index in [2.05, 4.69) is 29.6 Å². The van der Waals surface area contributed by atoms with Crippen molar-refractivity contribution in [2.75, 3.05) is 0 Å². The summed E-state index contributed by atoms with van der Waals surface area (Å²) >= 11 is 1.71. The van der Waals surface area contributed by atoms with Crippen LogP contribution in [0.3, 0.4) is 0 Å². The van der Waals surface area contributed by atoms with E-state index in [0.717, 1.165) is 5.56 Å². The van der Waals surface area contributed by atoms with Crippen LogP contribution < -0.4 is 0 Å². The molecule has 2 nitrogen and oxygen atoms in total. The van der Waals surface area contributed by atoms with Crippen LogP contribution in [0.4, 0.5) is 0 Å². The van der Waals surface area contributed by atoms with Crippen LogP contribution in [-0.2, 0) is 9.59 Å². The van der Waals surface area contributed by atoms with Gasteiger partial charge in [-0.3, -0.25) is 9.59 Å². The van der Waals surface area contributed by atoms with E-state index in [1.54, 1.807) is 11.3 Å². The van der Waals surface area contributed by atoms with Gasteiger partial charge in [0.2, 0.25) is 0 Å². The molecular formula is C14H12O2S. The Hall–Kier alpha value is -1.48. The van der Waals surface area contributed by atoms with E-state index >= 15 is 0 Å². The van der Waals surface area contributed by atoms with E-state index in [-0.39, 0.29) is 23.9 Å². The Balaban J connectivity index is 1.96. The lowest BCUT2D eigenvalue weighted by Gasteiger charge is -2.20. The van der Waals surface area contributed by atoms with E-state index in [9.17, 15) is 9.59 Å². The second kappa shape index (κ2) is 4.08. The summed E-state index contributed by atoms with van der Waals surface area (Å²) in [5, 5.41) is 3.27. The highest BCUT2D eigenvalue weighted by Crippen LogP contribution is 2.32. The molecule has 1 aromatic carbocycles. The SMILES string of the molecule is O=C1CC(=O)CC(c2ccc3sccc3c2)C1. The second-order valence-electron chi connectivity index (χ2n) is 4.58. The summed E-state index contributed by atoms with van der Waals surface area (Å²) in [5.41, 5.74) is 1.12. The first-order valence-electron chi connectivity index (χ1n) is 5.73. The normalized spacial score (nSPS) is 17.9. The zero-order chi connectivity index (χ0) is 11.8. The Morgan fingerprint density at radius 3 is 2.59 bits per heavy atom. The number of hydrogen-bond acceptors (Lipinski definition) is 3. The molecule has 3 heteroatoms. The molecule has 1 aromatic heterocycles. The van der Waals surface area contributed by atoms with Crippen molar-refractivity contribution in [2.24, 2.45) is 0 Å². The Bertz CT molecular complexity index is 581. The van der Waals surface area contributed by atoms with Crippen molar-refractivity contribution >= 4 is 33.0 Å². The topological polar surface area (TPSA) is 34.1 Å². The smallest absolute Gasteiger partial charge is 0.140 e. The molecule has 1 saturated carbocycles. The van der Waals surface area contributed by atoms with Crippen LogP contribution in [0.2, 0.25) is 0 Å². The quantitative estimate of drug-likeness (QED) is 0.721. The standard InChI is InChI=1S/C14H12O2S/c15-12-6-11(7-13(16)8-12)9-1-2-14-10(5-9)3-4-17-14/h1-5,11H,6-8H2. The van der Waals surface area contributed by atoms with E-state index in [0.29, 0.717) is 12.8 Å². The molecule has 0 atom stereocenters. The van der Waals surface area contributed by atoms with Crippen molar-refractivity contribution in [3.63, 3.8) is 0 Å². The summed E-state index contributed by atoms with van der Waals surface area (Å²) in [6.45, 7) is 0. The molecule has 0 saturated heterocycles. The van der Waals surface area contributed by atoms with Crippen LogP contribution in [0.5, 0.6) is 0 Å². The van der Waals surface area contributed by atoms with Crippen LogP contribution in [-0.4, -0.2) is 11.6 Å². The highest BCUT2D eigenvalue weighted by molar-refractivity contribution is 7.17. The van der Waals surface area contributed by atoms with Gasteiger partial charge >= 0.3 is 0 Å². The maximum absolute atomic E-state index is 11.5. The number of ketones is 2. The number of hydrogen-bond donors (Lipinski definition) is 0. The fraction of sp³-hybridized carbons (Fsp3) is 0.286. The fourth-order valence-corrected chi connectivity index (χ4v) is 3.23. The van der Waals surface area contributed by atoms with Crippen molar-refractivity contribution in [3.05, 3.63) is 35.2 Å². The van der Waals surface area contributed by atoms with Crippen LogP contribution in [0, 0.1) is 0 Å². The third kappa shape index (κ3) is 2.03. The summed E-state index contributed by atoms with van der Waals surface area (Å²) in [6.07, 6.45) is 1.17. The average molecular weight is 244 g/mol. The van der Waals surface area contributed by atoms with Gasteiger partial charge in [-0.05, 0) is 34.4 Å². The minimum Gasteiger partial charge on any atom is -0.299 e. The number of rotatable bonds is 1. The molecule has 3 rings (SSSR count). The van der Waals surface area contributed by atoms with E-state index < -0.39 is 0 Å². The fourth-order valence-electron chi connectivity index (χ4n) is 2.46. The Kier molecular flexibility index (Phi) is 2.56. The first kappa shape index (κ1) is 10.7. The predicted octanol–water partition coefficient (Wildman–Crippen LogP) is 3.31. The number of thiophene rings is 1. The molecule has 1 heterocycles. The molecule has 2 aromatic rings. The van der Waals surface area contributed by atoms with E-state index in [4.69, 9.17) is 0 Å². The number of Topliss-reactive ketones (excluding diaryl/α,β-unsaturated/α-hetero) is 2. The van der Waals surface area contributed by atoms with Gasteiger partial charge in [0, 0.05) is 17.5 Å². The van der Waals surface area contributed by atoms with Gasteiger partial charge in [-0.1, -0.05) is 12.1 Å². The maximum atomic E-state index is 11.5. The van der Waals surface area contributed by atoms with Crippen molar-refractivity contribution in [1.82, 2.24) is 0 Å². The van der Waals surface area contributed by atoms with Gasteiger partial charge in [0.15, 0.2) is 0 Å². The van der Waals surface area contributed by atoms with Crippen LogP contribution in [0.15, 0.2) is 29.6 Å². The summed E-state index contributed by atoms with van der Waals surface area (Å²) in [6, 6.07) is 8.33. The number of carbonyl (C=O) groups is 2. The molecule has 0 unspecified atom stereocenters. The highest BCUT2D eigenvalue weighted by Gasteiger charge is 2.26. The Labute approximate surface area is 103 Å². The van der Waals surface area contributed by atoms with Gasteiger partial charge in [-0.15, -0.1) is 11.3 Å². The molecule has 0 bridgehead atoms. The molecule has 1 aliphatic rings. The monoisotopic (exact) mass is 244 g/mol. The van der Waals surface area contributed by atoms with Gasteiger partial charge in [-0.2, -0.15) is 0 Å². The first-order chi connectivity index (χ1) is 8.22. The summed E-state index contributed by atoms with van der Waals surface area (Å²) in [7, 11) is 0. The van der Waals surface area contributed by atoms with Crippen molar-refractivity contribution in [2.45, 2.75) is 25.2 Å². The Morgan fingerprint density at radius 2 is 1.82 bits per heavy atom. The largest absolute Gasteiger partial charge is 0.299 e. The lowest BCUT2D eigenvalue weighted by molar-refractivity contribution is -0.130. The second-order valence-corrected chi connectivity index (χ2v) is 5.52. The third-order valence-corrected chi connectivity index (χ3v) is 4.19. The van der Waals surface area contributed by atoms with Gasteiger partial charge in [0.1, 0.15) is 11.6 Å². The minimum absolute atomic E-state index is 0.0802. The number of fused-ring (bicyclic) bond motifs is 1. The van der Waals surface area contributed by atoms with Crippen molar-refractivity contribution in [1.29, 1.82) is 0 Å². The van der Waals surface area contributed by atoms with Crippen LogP contribution in [0.1, 0.15) is 30.7 Å². The van der Waals surface area contributed by atoms with Crippen LogP contribution in [0.25, 0.3) is 10.1 Å². The zero-order valence-corrected chi connectivity index (χ0v) is 10.1. The summed E-state index contributed by atoms with van der Waals surface area (Å²) in [5.74, 6) is 0.251. The third-order valence-electron chi connectivity index (χ3n) is 3.29. The van der Waals surface area contributed by atoms with Crippen molar-refractivity contribution < 1.29 is 9.59 Å². The van der Waals surface area contributed by atoms with E-state index in [1.807, 2.05) is 0 Å². The molecule has 17 heavy (non-hydrogen) atoms. The molecule has 1 fully saturated rings. The zero-order valence-electron chi connectivity index (χ0n) is 9.31. The predicted molar refractivity (Wildman–Crippen MR) is 68.4 cm³/mol.